The first kappa shape index (κ1) is 11.9. The summed E-state index contributed by atoms with van der Waals surface area (Å²) >= 11 is 0. The summed E-state index contributed by atoms with van der Waals surface area (Å²) in [6.07, 6.45) is 0.842. The molecule has 0 amide bonds. The molecule has 2 heteroatoms. The first-order chi connectivity index (χ1) is 7.09. The molecule has 0 N–H and O–H groups in total. The Morgan fingerprint density at radius 3 is 2.33 bits per heavy atom. The molecule has 1 atom stereocenters. The zero-order chi connectivity index (χ0) is 11.3. The molecule has 2 nitrogen and oxygen atoms in total. The quantitative estimate of drug-likeness (QED) is 0.732. The zero-order valence-corrected chi connectivity index (χ0v) is 9.73. The average Bonchev–Trinajstić information content (AvgIpc) is 2.17. The summed E-state index contributed by atoms with van der Waals surface area (Å²) in [6, 6.07) is 10.2. The third-order valence-corrected chi connectivity index (χ3v) is 2.49. The number of benzene rings is 1. The molecule has 0 saturated carbocycles. The Kier molecular flexibility index (Phi) is 4.50. The molecule has 1 aromatic rings. The van der Waals surface area contributed by atoms with Crippen LogP contribution in [0, 0.1) is 5.92 Å². The van der Waals surface area contributed by atoms with Crippen LogP contribution in [0.1, 0.15) is 12.5 Å². The minimum Gasteiger partial charge on any atom is -0.309 e. The van der Waals surface area contributed by atoms with E-state index in [1.165, 1.54) is 5.56 Å². The van der Waals surface area contributed by atoms with E-state index >= 15 is 0 Å². The highest BCUT2D eigenvalue weighted by molar-refractivity contribution is 5.78. The Balaban J connectivity index is 2.63. The second kappa shape index (κ2) is 5.66. The fourth-order valence-corrected chi connectivity index (χ4v) is 1.68. The van der Waals surface area contributed by atoms with Gasteiger partial charge in [0, 0.05) is 12.5 Å². The molecule has 0 aliphatic heterocycles. The van der Waals surface area contributed by atoms with E-state index in [-0.39, 0.29) is 11.7 Å². The van der Waals surface area contributed by atoms with E-state index in [1.54, 1.807) is 6.92 Å². The smallest absolute Gasteiger partial charge is 0.134 e. The van der Waals surface area contributed by atoms with Crippen molar-refractivity contribution in [3.63, 3.8) is 0 Å². The summed E-state index contributed by atoms with van der Waals surface area (Å²) < 4.78 is 0. The average molecular weight is 205 g/mol. The summed E-state index contributed by atoms with van der Waals surface area (Å²) in [6.45, 7) is 2.50. The number of hydrogen-bond acceptors (Lipinski definition) is 2. The highest BCUT2D eigenvalue weighted by Crippen LogP contribution is 2.10. The Hall–Kier alpha value is -1.15. The van der Waals surface area contributed by atoms with Crippen LogP contribution in [-0.2, 0) is 11.2 Å². The Morgan fingerprint density at radius 2 is 1.87 bits per heavy atom. The van der Waals surface area contributed by atoms with Gasteiger partial charge in [0.25, 0.3) is 0 Å². The molecule has 0 saturated heterocycles. The standard InChI is InChI=1S/C13H19NO/c1-11(15)13(10-14(2)3)9-12-7-5-4-6-8-12/h4-8,13H,9-10H2,1-3H3. The van der Waals surface area contributed by atoms with Crippen molar-refractivity contribution in [3.05, 3.63) is 35.9 Å². The molecule has 0 radical (unpaired) electrons. The van der Waals surface area contributed by atoms with Crippen LogP contribution in [-0.4, -0.2) is 31.3 Å². The number of Topliss-reactive ketones (excluding diaryl/α,β-unsaturated/α-hetero) is 1. The summed E-state index contributed by atoms with van der Waals surface area (Å²) in [5.74, 6) is 0.384. The SMILES string of the molecule is CC(=O)C(Cc1ccccc1)CN(C)C. The summed E-state index contributed by atoms with van der Waals surface area (Å²) in [5.41, 5.74) is 1.24. The van der Waals surface area contributed by atoms with Crippen molar-refractivity contribution in [1.29, 1.82) is 0 Å². The lowest BCUT2D eigenvalue weighted by Gasteiger charge is -2.18. The highest BCUT2D eigenvalue weighted by Gasteiger charge is 2.15. The lowest BCUT2D eigenvalue weighted by Crippen LogP contribution is -2.28. The van der Waals surface area contributed by atoms with Gasteiger partial charge < -0.3 is 4.90 Å². The molecule has 0 aliphatic rings. The summed E-state index contributed by atoms with van der Waals surface area (Å²) in [7, 11) is 4.00. The van der Waals surface area contributed by atoms with E-state index in [0.29, 0.717) is 0 Å². The van der Waals surface area contributed by atoms with E-state index in [2.05, 4.69) is 17.0 Å². The maximum atomic E-state index is 11.5. The second-order valence-corrected chi connectivity index (χ2v) is 4.26. The van der Waals surface area contributed by atoms with Gasteiger partial charge in [0.2, 0.25) is 0 Å². The molecule has 15 heavy (non-hydrogen) atoms. The molecule has 1 aromatic carbocycles. The van der Waals surface area contributed by atoms with Gasteiger partial charge in [0.15, 0.2) is 0 Å². The molecule has 0 spiro atoms. The van der Waals surface area contributed by atoms with Gasteiger partial charge in [-0.15, -0.1) is 0 Å². The van der Waals surface area contributed by atoms with Gasteiger partial charge in [-0.25, -0.2) is 0 Å². The third kappa shape index (κ3) is 4.26. The van der Waals surface area contributed by atoms with Crippen molar-refractivity contribution in [3.8, 4) is 0 Å². The molecule has 82 valence electrons. The number of ketones is 1. The number of hydrogen-bond donors (Lipinski definition) is 0. The Labute approximate surface area is 91.9 Å². The van der Waals surface area contributed by atoms with Crippen molar-refractivity contribution >= 4 is 5.78 Å². The van der Waals surface area contributed by atoms with Gasteiger partial charge in [-0.3, -0.25) is 4.79 Å². The zero-order valence-electron chi connectivity index (χ0n) is 9.73. The normalized spacial score (nSPS) is 12.8. The van der Waals surface area contributed by atoms with Gasteiger partial charge >= 0.3 is 0 Å². The number of nitrogens with zero attached hydrogens (tertiary/aromatic N) is 1. The summed E-state index contributed by atoms with van der Waals surface area (Å²) in [4.78, 5) is 13.5. The number of carbonyl (C=O) groups is 1. The minimum absolute atomic E-state index is 0.113. The summed E-state index contributed by atoms with van der Waals surface area (Å²) in [5, 5.41) is 0. The topological polar surface area (TPSA) is 20.3 Å². The van der Waals surface area contributed by atoms with Crippen LogP contribution in [0.4, 0.5) is 0 Å². The van der Waals surface area contributed by atoms with E-state index in [1.807, 2.05) is 32.3 Å². The van der Waals surface area contributed by atoms with Crippen molar-refractivity contribution < 1.29 is 4.79 Å². The van der Waals surface area contributed by atoms with Gasteiger partial charge in [-0.2, -0.15) is 0 Å². The first-order valence-corrected chi connectivity index (χ1v) is 5.28. The van der Waals surface area contributed by atoms with E-state index in [4.69, 9.17) is 0 Å². The van der Waals surface area contributed by atoms with Crippen molar-refractivity contribution in [2.45, 2.75) is 13.3 Å². The molecule has 0 aliphatic carbocycles. The highest BCUT2D eigenvalue weighted by atomic mass is 16.1. The van der Waals surface area contributed by atoms with Gasteiger partial charge in [-0.05, 0) is 33.0 Å². The fraction of sp³-hybridized carbons (Fsp3) is 0.462. The maximum absolute atomic E-state index is 11.5. The molecular formula is C13H19NO. The number of carbonyl (C=O) groups excluding carboxylic acids is 1. The molecule has 0 aromatic heterocycles. The third-order valence-electron chi connectivity index (χ3n) is 2.49. The Bertz CT molecular complexity index is 306. The van der Waals surface area contributed by atoms with Crippen LogP contribution >= 0.6 is 0 Å². The monoisotopic (exact) mass is 205 g/mol. The Morgan fingerprint density at radius 1 is 1.27 bits per heavy atom. The van der Waals surface area contributed by atoms with Crippen LogP contribution in [0.5, 0.6) is 0 Å². The lowest BCUT2D eigenvalue weighted by atomic mass is 9.95. The largest absolute Gasteiger partial charge is 0.309 e. The molecule has 0 heterocycles. The van der Waals surface area contributed by atoms with Gasteiger partial charge in [0.1, 0.15) is 5.78 Å². The van der Waals surface area contributed by atoms with Crippen LogP contribution < -0.4 is 0 Å². The molecular weight excluding hydrogens is 186 g/mol. The maximum Gasteiger partial charge on any atom is 0.134 e. The first-order valence-electron chi connectivity index (χ1n) is 5.28. The van der Waals surface area contributed by atoms with Crippen LogP contribution in [0.2, 0.25) is 0 Å². The minimum atomic E-state index is 0.113. The predicted molar refractivity (Wildman–Crippen MR) is 62.9 cm³/mol. The van der Waals surface area contributed by atoms with E-state index in [0.717, 1.165) is 13.0 Å². The molecule has 1 rings (SSSR count). The number of rotatable bonds is 5. The predicted octanol–water partition coefficient (Wildman–Crippen LogP) is 2.00. The lowest BCUT2D eigenvalue weighted by molar-refractivity contribution is -0.121. The van der Waals surface area contributed by atoms with E-state index < -0.39 is 0 Å². The molecule has 0 fully saturated rings. The molecule has 0 bridgehead atoms. The van der Waals surface area contributed by atoms with E-state index in [9.17, 15) is 4.79 Å². The van der Waals surface area contributed by atoms with Crippen LogP contribution in [0.15, 0.2) is 30.3 Å². The van der Waals surface area contributed by atoms with Crippen LogP contribution in [0.25, 0.3) is 0 Å². The van der Waals surface area contributed by atoms with Crippen LogP contribution in [0.3, 0.4) is 0 Å². The van der Waals surface area contributed by atoms with Gasteiger partial charge in [-0.1, -0.05) is 30.3 Å². The van der Waals surface area contributed by atoms with Crippen molar-refractivity contribution in [2.75, 3.05) is 20.6 Å². The second-order valence-electron chi connectivity index (χ2n) is 4.26. The van der Waals surface area contributed by atoms with Gasteiger partial charge in [0.05, 0.1) is 0 Å². The van der Waals surface area contributed by atoms with Crippen molar-refractivity contribution in [2.24, 2.45) is 5.92 Å². The fourth-order valence-electron chi connectivity index (χ4n) is 1.68. The molecule has 1 unspecified atom stereocenters. The van der Waals surface area contributed by atoms with Crippen molar-refractivity contribution in [1.82, 2.24) is 4.90 Å².